The Morgan fingerprint density at radius 1 is 1.42 bits per heavy atom. The highest BCUT2D eigenvalue weighted by Crippen LogP contribution is 2.31. The first-order valence-electron chi connectivity index (χ1n) is 5.72. The summed E-state index contributed by atoms with van der Waals surface area (Å²) < 4.78 is 38.0. The van der Waals surface area contributed by atoms with E-state index in [0.717, 1.165) is 10.5 Å². The average Bonchev–Trinajstić information content (AvgIpc) is 2.26. The Balaban J connectivity index is 3.02. The van der Waals surface area contributed by atoms with Crippen LogP contribution in [0.25, 0.3) is 0 Å². The Kier molecular flexibility index (Phi) is 5.64. The molecule has 19 heavy (non-hydrogen) atoms. The summed E-state index contributed by atoms with van der Waals surface area (Å²) in [7, 11) is 0. The lowest BCUT2D eigenvalue weighted by Crippen LogP contribution is -2.36. The maximum absolute atomic E-state index is 12.5. The molecule has 0 radical (unpaired) electrons. The molecule has 0 bridgehead atoms. The minimum Gasteiger partial charge on any atom is -0.395 e. The molecule has 1 unspecified atom stereocenters. The molecule has 0 fully saturated rings. The minimum absolute atomic E-state index is 0.0877. The van der Waals surface area contributed by atoms with Gasteiger partial charge in [0.25, 0.3) is 0 Å². The third-order valence-electron chi connectivity index (χ3n) is 2.58. The SMILES string of the molecule is CC(N)c1ccc(N(CCO)CC(F)(F)F)c(Br)c1. The van der Waals surface area contributed by atoms with Gasteiger partial charge in [0.1, 0.15) is 6.54 Å². The van der Waals surface area contributed by atoms with Crippen LogP contribution in [0.5, 0.6) is 0 Å². The molecule has 0 aliphatic carbocycles. The van der Waals surface area contributed by atoms with Crippen molar-refractivity contribution in [2.45, 2.75) is 19.1 Å². The molecule has 3 N–H and O–H groups in total. The summed E-state index contributed by atoms with van der Waals surface area (Å²) in [5.74, 6) is 0. The van der Waals surface area contributed by atoms with E-state index in [4.69, 9.17) is 10.8 Å². The van der Waals surface area contributed by atoms with E-state index in [-0.39, 0.29) is 19.2 Å². The minimum atomic E-state index is -4.32. The Labute approximate surface area is 118 Å². The molecular formula is C12H16BrF3N2O. The fourth-order valence-electron chi connectivity index (χ4n) is 1.68. The third-order valence-corrected chi connectivity index (χ3v) is 3.21. The molecule has 0 saturated heterocycles. The highest BCUT2D eigenvalue weighted by Gasteiger charge is 2.31. The quantitative estimate of drug-likeness (QED) is 0.866. The van der Waals surface area contributed by atoms with Gasteiger partial charge in [-0.15, -0.1) is 0 Å². The van der Waals surface area contributed by atoms with Crippen LogP contribution in [0.3, 0.4) is 0 Å². The second-order valence-electron chi connectivity index (χ2n) is 4.26. The number of anilines is 1. The summed E-state index contributed by atoms with van der Waals surface area (Å²) in [4.78, 5) is 1.08. The second kappa shape index (κ2) is 6.58. The van der Waals surface area contributed by atoms with Gasteiger partial charge in [-0.25, -0.2) is 0 Å². The average molecular weight is 341 g/mol. The van der Waals surface area contributed by atoms with Crippen molar-refractivity contribution in [2.24, 2.45) is 5.73 Å². The zero-order chi connectivity index (χ0) is 14.6. The molecule has 0 aliphatic rings. The van der Waals surface area contributed by atoms with Crippen molar-refractivity contribution in [3.63, 3.8) is 0 Å². The summed E-state index contributed by atoms with van der Waals surface area (Å²) in [5, 5.41) is 8.88. The Bertz CT molecular complexity index is 424. The van der Waals surface area contributed by atoms with E-state index < -0.39 is 12.7 Å². The van der Waals surface area contributed by atoms with E-state index in [0.29, 0.717) is 10.2 Å². The summed E-state index contributed by atoms with van der Waals surface area (Å²) in [5.41, 5.74) is 6.93. The van der Waals surface area contributed by atoms with Gasteiger partial charge in [0.05, 0.1) is 12.3 Å². The Morgan fingerprint density at radius 3 is 2.47 bits per heavy atom. The highest BCUT2D eigenvalue weighted by molar-refractivity contribution is 9.10. The topological polar surface area (TPSA) is 49.5 Å². The number of aliphatic hydroxyl groups excluding tert-OH is 1. The first-order valence-corrected chi connectivity index (χ1v) is 6.51. The van der Waals surface area contributed by atoms with Crippen LogP contribution in [0.4, 0.5) is 18.9 Å². The lowest BCUT2D eigenvalue weighted by molar-refractivity contribution is -0.119. The van der Waals surface area contributed by atoms with E-state index in [9.17, 15) is 13.2 Å². The van der Waals surface area contributed by atoms with E-state index in [1.54, 1.807) is 25.1 Å². The number of nitrogens with zero attached hydrogens (tertiary/aromatic N) is 1. The smallest absolute Gasteiger partial charge is 0.395 e. The van der Waals surface area contributed by atoms with Gasteiger partial charge in [-0.1, -0.05) is 6.07 Å². The molecule has 0 aromatic heterocycles. The molecule has 3 nitrogen and oxygen atoms in total. The van der Waals surface area contributed by atoms with Crippen LogP contribution in [-0.4, -0.2) is 31.0 Å². The van der Waals surface area contributed by atoms with Crippen molar-refractivity contribution in [3.8, 4) is 0 Å². The van der Waals surface area contributed by atoms with Gasteiger partial charge >= 0.3 is 6.18 Å². The van der Waals surface area contributed by atoms with Crippen LogP contribution < -0.4 is 10.6 Å². The van der Waals surface area contributed by atoms with Crippen molar-refractivity contribution in [1.29, 1.82) is 0 Å². The van der Waals surface area contributed by atoms with Crippen molar-refractivity contribution >= 4 is 21.6 Å². The number of alkyl halides is 3. The van der Waals surface area contributed by atoms with Gasteiger partial charge in [0, 0.05) is 17.1 Å². The predicted molar refractivity (Wildman–Crippen MR) is 72.1 cm³/mol. The Hall–Kier alpha value is -0.790. The van der Waals surface area contributed by atoms with Gasteiger partial charge in [-0.3, -0.25) is 0 Å². The number of hydrogen-bond donors (Lipinski definition) is 2. The summed E-state index contributed by atoms with van der Waals surface area (Å²) in [6.45, 7) is 0.250. The largest absolute Gasteiger partial charge is 0.405 e. The van der Waals surface area contributed by atoms with Gasteiger partial charge in [0.15, 0.2) is 0 Å². The molecule has 1 rings (SSSR count). The first kappa shape index (κ1) is 16.3. The Morgan fingerprint density at radius 2 is 2.05 bits per heavy atom. The molecule has 108 valence electrons. The first-order chi connectivity index (χ1) is 8.74. The molecule has 1 atom stereocenters. The second-order valence-corrected chi connectivity index (χ2v) is 5.11. The molecule has 0 heterocycles. The van der Waals surface area contributed by atoms with Crippen LogP contribution in [0.15, 0.2) is 22.7 Å². The number of halogens is 4. The van der Waals surface area contributed by atoms with E-state index >= 15 is 0 Å². The maximum Gasteiger partial charge on any atom is 0.405 e. The number of rotatable bonds is 5. The molecule has 0 aliphatic heterocycles. The van der Waals surface area contributed by atoms with Crippen LogP contribution in [0, 0.1) is 0 Å². The van der Waals surface area contributed by atoms with Crippen molar-refractivity contribution in [1.82, 2.24) is 0 Å². The molecule has 0 spiro atoms. The van der Waals surface area contributed by atoms with E-state index in [1.807, 2.05) is 0 Å². The zero-order valence-corrected chi connectivity index (χ0v) is 12.0. The van der Waals surface area contributed by atoms with Crippen LogP contribution in [0.1, 0.15) is 18.5 Å². The normalized spacial score (nSPS) is 13.4. The lowest BCUT2D eigenvalue weighted by atomic mass is 10.1. The fraction of sp³-hybridized carbons (Fsp3) is 0.500. The van der Waals surface area contributed by atoms with Gasteiger partial charge in [0.2, 0.25) is 0 Å². The molecule has 1 aromatic carbocycles. The van der Waals surface area contributed by atoms with Crippen LogP contribution >= 0.6 is 15.9 Å². The van der Waals surface area contributed by atoms with Crippen molar-refractivity contribution < 1.29 is 18.3 Å². The molecule has 0 amide bonds. The summed E-state index contributed by atoms with van der Waals surface area (Å²) in [6, 6.07) is 4.76. The highest BCUT2D eigenvalue weighted by atomic mass is 79.9. The monoisotopic (exact) mass is 340 g/mol. The van der Waals surface area contributed by atoms with Crippen LogP contribution in [-0.2, 0) is 0 Å². The van der Waals surface area contributed by atoms with Gasteiger partial charge < -0.3 is 15.7 Å². The van der Waals surface area contributed by atoms with E-state index in [1.165, 1.54) is 0 Å². The van der Waals surface area contributed by atoms with Gasteiger partial charge in [-0.2, -0.15) is 13.2 Å². The predicted octanol–water partition coefficient (Wildman–Crippen LogP) is 2.83. The van der Waals surface area contributed by atoms with Crippen LogP contribution in [0.2, 0.25) is 0 Å². The molecule has 1 aromatic rings. The number of aliphatic hydroxyl groups is 1. The maximum atomic E-state index is 12.5. The molecule has 0 saturated carbocycles. The molecular weight excluding hydrogens is 325 g/mol. The summed E-state index contributed by atoms with van der Waals surface area (Å²) in [6.07, 6.45) is -4.32. The number of nitrogens with two attached hydrogens (primary N) is 1. The summed E-state index contributed by atoms with van der Waals surface area (Å²) >= 11 is 3.25. The fourth-order valence-corrected chi connectivity index (χ4v) is 2.33. The van der Waals surface area contributed by atoms with Crippen molar-refractivity contribution in [2.75, 3.05) is 24.6 Å². The van der Waals surface area contributed by atoms with E-state index in [2.05, 4.69) is 15.9 Å². The molecule has 7 heteroatoms. The lowest BCUT2D eigenvalue weighted by Gasteiger charge is -2.26. The van der Waals surface area contributed by atoms with Crippen molar-refractivity contribution in [3.05, 3.63) is 28.2 Å². The number of hydrogen-bond acceptors (Lipinski definition) is 3. The third kappa shape index (κ3) is 5.00. The van der Waals surface area contributed by atoms with Gasteiger partial charge in [-0.05, 0) is 40.5 Å². The standard InChI is InChI=1S/C12H16BrF3N2O/c1-8(17)9-2-3-11(10(13)6-9)18(4-5-19)7-12(14,15)16/h2-3,6,8,19H,4-5,7,17H2,1H3. The zero-order valence-electron chi connectivity index (χ0n) is 10.4. The number of benzene rings is 1.